The van der Waals surface area contributed by atoms with Gasteiger partial charge in [-0.25, -0.2) is 4.98 Å². The van der Waals surface area contributed by atoms with Crippen LogP contribution in [0.3, 0.4) is 0 Å². The molecule has 6 nitrogen and oxygen atoms in total. The molecule has 0 saturated heterocycles. The molecule has 1 fully saturated rings. The number of hydrogen-bond donors (Lipinski definition) is 3. The van der Waals surface area contributed by atoms with E-state index >= 15 is 0 Å². The number of pyridine rings is 1. The Kier molecular flexibility index (Phi) is 3.47. The molecule has 3 rings (SSSR count). The van der Waals surface area contributed by atoms with Crippen molar-refractivity contribution in [2.45, 2.75) is 31.4 Å². The van der Waals surface area contributed by atoms with Crippen molar-refractivity contribution in [2.75, 3.05) is 11.1 Å². The van der Waals surface area contributed by atoms with E-state index < -0.39 is 0 Å². The van der Waals surface area contributed by atoms with Crippen molar-refractivity contribution in [3.63, 3.8) is 0 Å². The molecule has 0 spiro atoms. The highest BCUT2D eigenvalue weighted by atomic mass is 16.3. The van der Waals surface area contributed by atoms with Crippen molar-refractivity contribution in [1.29, 1.82) is 0 Å². The topological polar surface area (TPSA) is 97.0 Å². The number of aliphatic hydroxyl groups excluding tert-OH is 1. The van der Waals surface area contributed by atoms with Gasteiger partial charge >= 0.3 is 0 Å². The highest BCUT2D eigenvalue weighted by Crippen LogP contribution is 2.36. The Bertz CT molecular complexity index is 583. The molecule has 0 atom stereocenters. The first-order valence-electron chi connectivity index (χ1n) is 6.67. The summed E-state index contributed by atoms with van der Waals surface area (Å²) < 4.78 is 0. The average Bonchev–Trinajstić information content (AvgIpc) is 2.42. The van der Waals surface area contributed by atoms with E-state index in [0.717, 1.165) is 24.2 Å². The van der Waals surface area contributed by atoms with Gasteiger partial charge in [-0.2, -0.15) is 4.98 Å². The van der Waals surface area contributed by atoms with Gasteiger partial charge in [-0.1, -0.05) is 6.07 Å². The van der Waals surface area contributed by atoms with Crippen LogP contribution in [-0.4, -0.2) is 26.2 Å². The van der Waals surface area contributed by atoms with E-state index in [0.29, 0.717) is 12.4 Å². The maximum Gasteiger partial charge on any atom is 0.222 e. The second-order valence-corrected chi connectivity index (χ2v) is 5.03. The van der Waals surface area contributed by atoms with Crippen molar-refractivity contribution < 1.29 is 5.11 Å². The Morgan fingerprint density at radius 3 is 2.85 bits per heavy atom. The molecule has 2 heterocycles. The number of rotatable bonds is 4. The van der Waals surface area contributed by atoms with Crippen LogP contribution in [0.5, 0.6) is 0 Å². The van der Waals surface area contributed by atoms with E-state index in [1.165, 1.54) is 0 Å². The standard InChI is InChI=1S/C14H17N5O/c15-14-18-12(9-5-11(20)6-9)7-13(19-14)17-8-10-3-1-2-4-16-10/h1-4,7,9,11,20H,5-6,8H2,(H3,15,17,18,19). The van der Waals surface area contributed by atoms with Crippen molar-refractivity contribution in [2.24, 2.45) is 0 Å². The van der Waals surface area contributed by atoms with Crippen LogP contribution in [0, 0.1) is 0 Å². The molecule has 1 aliphatic carbocycles. The summed E-state index contributed by atoms with van der Waals surface area (Å²) in [6.45, 7) is 0.587. The Morgan fingerprint density at radius 2 is 2.15 bits per heavy atom. The fourth-order valence-corrected chi connectivity index (χ4v) is 2.30. The molecule has 1 aliphatic rings. The van der Waals surface area contributed by atoms with Crippen LogP contribution in [0.1, 0.15) is 30.1 Å². The fraction of sp³-hybridized carbons (Fsp3) is 0.357. The summed E-state index contributed by atoms with van der Waals surface area (Å²) in [6.07, 6.45) is 3.04. The quantitative estimate of drug-likeness (QED) is 0.775. The first-order chi connectivity index (χ1) is 9.70. The smallest absolute Gasteiger partial charge is 0.222 e. The molecule has 0 aliphatic heterocycles. The minimum absolute atomic E-state index is 0.207. The molecule has 1 saturated carbocycles. The van der Waals surface area contributed by atoms with Gasteiger partial charge in [0, 0.05) is 18.2 Å². The van der Waals surface area contributed by atoms with Gasteiger partial charge in [0.25, 0.3) is 0 Å². The van der Waals surface area contributed by atoms with E-state index in [4.69, 9.17) is 5.73 Å². The third-order valence-electron chi connectivity index (χ3n) is 3.47. The van der Waals surface area contributed by atoms with Gasteiger partial charge in [0.15, 0.2) is 0 Å². The van der Waals surface area contributed by atoms with Gasteiger partial charge in [0.1, 0.15) is 5.82 Å². The highest BCUT2D eigenvalue weighted by molar-refractivity contribution is 5.42. The summed E-state index contributed by atoms with van der Waals surface area (Å²) in [5.74, 6) is 1.23. The Morgan fingerprint density at radius 1 is 1.30 bits per heavy atom. The minimum atomic E-state index is -0.207. The van der Waals surface area contributed by atoms with Crippen LogP contribution in [0.25, 0.3) is 0 Å². The molecule has 0 bridgehead atoms. The second kappa shape index (κ2) is 5.42. The largest absolute Gasteiger partial charge is 0.393 e. The molecule has 2 aromatic heterocycles. The van der Waals surface area contributed by atoms with E-state index in [9.17, 15) is 5.11 Å². The molecule has 0 aromatic carbocycles. The predicted octanol–water partition coefficient (Wildman–Crippen LogP) is 1.30. The van der Waals surface area contributed by atoms with Crippen molar-refractivity contribution in [1.82, 2.24) is 15.0 Å². The van der Waals surface area contributed by atoms with E-state index in [1.54, 1.807) is 6.20 Å². The Balaban J connectivity index is 1.70. The van der Waals surface area contributed by atoms with Crippen LogP contribution >= 0.6 is 0 Å². The number of aromatic nitrogens is 3. The number of nitrogen functional groups attached to an aromatic ring is 1. The van der Waals surface area contributed by atoms with E-state index in [1.807, 2.05) is 24.3 Å². The number of anilines is 2. The van der Waals surface area contributed by atoms with Gasteiger partial charge in [-0.05, 0) is 25.0 Å². The fourth-order valence-electron chi connectivity index (χ4n) is 2.30. The van der Waals surface area contributed by atoms with Crippen LogP contribution in [0.4, 0.5) is 11.8 Å². The summed E-state index contributed by atoms with van der Waals surface area (Å²) in [5, 5.41) is 12.6. The van der Waals surface area contributed by atoms with Gasteiger partial charge in [0.05, 0.1) is 24.0 Å². The average molecular weight is 271 g/mol. The number of aliphatic hydroxyl groups is 1. The first kappa shape index (κ1) is 12.8. The number of nitrogens with zero attached hydrogens (tertiary/aromatic N) is 3. The number of hydrogen-bond acceptors (Lipinski definition) is 6. The molecule has 0 amide bonds. The zero-order valence-electron chi connectivity index (χ0n) is 11.0. The van der Waals surface area contributed by atoms with Crippen LogP contribution in [0.15, 0.2) is 30.5 Å². The molecular formula is C14H17N5O. The van der Waals surface area contributed by atoms with E-state index in [2.05, 4.69) is 20.3 Å². The molecule has 4 N–H and O–H groups in total. The summed E-state index contributed by atoms with van der Waals surface area (Å²) >= 11 is 0. The molecule has 0 unspecified atom stereocenters. The molecule has 2 aromatic rings. The van der Waals surface area contributed by atoms with Gasteiger partial charge in [-0.15, -0.1) is 0 Å². The molecular weight excluding hydrogens is 254 g/mol. The lowest BCUT2D eigenvalue weighted by Crippen LogP contribution is -2.27. The number of nitrogens with one attached hydrogen (secondary N) is 1. The van der Waals surface area contributed by atoms with Crippen molar-refractivity contribution in [3.8, 4) is 0 Å². The zero-order chi connectivity index (χ0) is 13.9. The molecule has 104 valence electrons. The third kappa shape index (κ3) is 2.85. The molecule has 20 heavy (non-hydrogen) atoms. The summed E-state index contributed by atoms with van der Waals surface area (Å²) in [4.78, 5) is 12.7. The van der Waals surface area contributed by atoms with E-state index in [-0.39, 0.29) is 18.0 Å². The summed E-state index contributed by atoms with van der Waals surface area (Å²) in [6, 6.07) is 7.67. The number of nitrogens with two attached hydrogens (primary N) is 1. The summed E-state index contributed by atoms with van der Waals surface area (Å²) in [5.41, 5.74) is 7.57. The maximum absolute atomic E-state index is 9.37. The van der Waals surface area contributed by atoms with Crippen LogP contribution in [0.2, 0.25) is 0 Å². The Hall–Kier alpha value is -2.21. The summed E-state index contributed by atoms with van der Waals surface area (Å²) in [7, 11) is 0. The van der Waals surface area contributed by atoms with Crippen molar-refractivity contribution in [3.05, 3.63) is 41.9 Å². The Labute approximate surface area is 117 Å². The SMILES string of the molecule is Nc1nc(NCc2ccccn2)cc(C2CC(O)C2)n1. The lowest BCUT2D eigenvalue weighted by molar-refractivity contribution is 0.0732. The molecule has 6 heteroatoms. The molecule has 0 radical (unpaired) electrons. The lowest BCUT2D eigenvalue weighted by Gasteiger charge is -2.30. The highest BCUT2D eigenvalue weighted by Gasteiger charge is 2.30. The lowest BCUT2D eigenvalue weighted by atomic mass is 9.80. The zero-order valence-corrected chi connectivity index (χ0v) is 11.0. The van der Waals surface area contributed by atoms with Gasteiger partial charge in [0.2, 0.25) is 5.95 Å². The van der Waals surface area contributed by atoms with Gasteiger partial charge < -0.3 is 16.2 Å². The monoisotopic (exact) mass is 271 g/mol. The minimum Gasteiger partial charge on any atom is -0.393 e. The maximum atomic E-state index is 9.37. The predicted molar refractivity (Wildman–Crippen MR) is 76.0 cm³/mol. The van der Waals surface area contributed by atoms with Crippen LogP contribution in [-0.2, 0) is 6.54 Å². The van der Waals surface area contributed by atoms with Crippen LogP contribution < -0.4 is 11.1 Å². The first-order valence-corrected chi connectivity index (χ1v) is 6.67. The van der Waals surface area contributed by atoms with Gasteiger partial charge in [-0.3, -0.25) is 4.98 Å². The normalized spacial score (nSPS) is 21.2. The second-order valence-electron chi connectivity index (χ2n) is 5.03. The third-order valence-corrected chi connectivity index (χ3v) is 3.47. The van der Waals surface area contributed by atoms with Crippen molar-refractivity contribution >= 4 is 11.8 Å².